The molecule has 0 saturated carbocycles. The predicted molar refractivity (Wildman–Crippen MR) is 67.6 cm³/mol. The second kappa shape index (κ2) is 3.38. The van der Waals surface area contributed by atoms with Gasteiger partial charge in [0.05, 0.1) is 5.69 Å². The van der Waals surface area contributed by atoms with Gasteiger partial charge in [0.25, 0.3) is 0 Å². The summed E-state index contributed by atoms with van der Waals surface area (Å²) in [7, 11) is 0. The van der Waals surface area contributed by atoms with Crippen LogP contribution in [0.25, 0.3) is 10.8 Å². The molecule has 2 aromatic carbocycles. The van der Waals surface area contributed by atoms with E-state index in [-0.39, 0.29) is 0 Å². The molecule has 2 aromatic rings. The highest BCUT2D eigenvalue weighted by Gasteiger charge is 2.12. The molecule has 74 valence electrons. The van der Waals surface area contributed by atoms with Crippen LogP contribution >= 0.6 is 11.8 Å². The van der Waals surface area contributed by atoms with Crippen LogP contribution < -0.4 is 0 Å². The molecule has 15 heavy (non-hydrogen) atoms. The molecule has 0 aromatic heterocycles. The summed E-state index contributed by atoms with van der Waals surface area (Å²) in [6, 6.07) is 10.7. The molecule has 0 N–H and O–H groups in total. The number of aliphatic imine (C=N–C) groups is 1. The highest BCUT2D eigenvalue weighted by atomic mass is 32.2. The Kier molecular flexibility index (Phi) is 2.03. The van der Waals surface area contributed by atoms with E-state index in [4.69, 9.17) is 0 Å². The molecule has 0 spiro atoms. The molecule has 3 rings (SSSR count). The lowest BCUT2D eigenvalue weighted by molar-refractivity contribution is 1.47. The fourth-order valence-corrected chi connectivity index (χ4v) is 2.83. The summed E-state index contributed by atoms with van der Waals surface area (Å²) in [5, 5.41) is 2.66. The largest absolute Gasteiger partial charge is 0.256 e. The summed E-state index contributed by atoms with van der Waals surface area (Å²) in [6.45, 7) is 2.18. The van der Waals surface area contributed by atoms with Crippen molar-refractivity contribution in [3.8, 4) is 0 Å². The van der Waals surface area contributed by atoms with Crippen LogP contribution in [0.3, 0.4) is 0 Å². The quantitative estimate of drug-likeness (QED) is 0.586. The molecular formula is C13H11NS. The minimum atomic E-state index is 1.11. The van der Waals surface area contributed by atoms with Crippen molar-refractivity contribution in [2.75, 3.05) is 5.75 Å². The Morgan fingerprint density at radius 2 is 2.13 bits per heavy atom. The van der Waals surface area contributed by atoms with E-state index >= 15 is 0 Å². The van der Waals surface area contributed by atoms with Crippen LogP contribution in [0, 0.1) is 0 Å². The average Bonchev–Trinajstić information content (AvgIpc) is 2.68. The van der Waals surface area contributed by atoms with Gasteiger partial charge in [0.15, 0.2) is 0 Å². The van der Waals surface area contributed by atoms with Crippen LogP contribution in [0.4, 0.5) is 5.69 Å². The first-order valence-corrected chi connectivity index (χ1v) is 6.11. The first kappa shape index (κ1) is 8.98. The number of nitrogens with zero attached hydrogens (tertiary/aromatic N) is 1. The average molecular weight is 213 g/mol. The first-order chi connectivity index (χ1) is 7.40. The SMILES string of the molecule is CCSc1ccc2c3c(cccc13)C=N2. The Labute approximate surface area is 93.2 Å². The van der Waals surface area contributed by atoms with E-state index in [1.54, 1.807) is 0 Å². The van der Waals surface area contributed by atoms with E-state index < -0.39 is 0 Å². The smallest absolute Gasteiger partial charge is 0.0715 e. The van der Waals surface area contributed by atoms with Crippen molar-refractivity contribution in [3.63, 3.8) is 0 Å². The number of hydrogen-bond donors (Lipinski definition) is 0. The Morgan fingerprint density at radius 1 is 1.20 bits per heavy atom. The molecule has 1 nitrogen and oxygen atoms in total. The van der Waals surface area contributed by atoms with Gasteiger partial charge in [0.1, 0.15) is 0 Å². The third-order valence-corrected chi connectivity index (χ3v) is 3.61. The van der Waals surface area contributed by atoms with E-state index in [0.717, 1.165) is 11.4 Å². The molecule has 1 heterocycles. The van der Waals surface area contributed by atoms with Crippen molar-refractivity contribution in [2.45, 2.75) is 11.8 Å². The molecular weight excluding hydrogens is 202 g/mol. The fraction of sp³-hybridized carbons (Fsp3) is 0.154. The van der Waals surface area contributed by atoms with Gasteiger partial charge in [-0.1, -0.05) is 25.1 Å². The van der Waals surface area contributed by atoms with Crippen molar-refractivity contribution in [1.82, 2.24) is 0 Å². The molecule has 1 aliphatic rings. The summed E-state index contributed by atoms with van der Waals surface area (Å²) >= 11 is 1.89. The lowest BCUT2D eigenvalue weighted by Gasteiger charge is -2.06. The fourth-order valence-electron chi connectivity index (χ4n) is 2.02. The van der Waals surface area contributed by atoms with Gasteiger partial charge < -0.3 is 0 Å². The maximum Gasteiger partial charge on any atom is 0.0715 e. The van der Waals surface area contributed by atoms with Gasteiger partial charge in [0.2, 0.25) is 0 Å². The number of thioether (sulfide) groups is 1. The molecule has 0 atom stereocenters. The second-order valence-electron chi connectivity index (χ2n) is 3.54. The summed E-state index contributed by atoms with van der Waals surface area (Å²) in [6.07, 6.45) is 1.96. The molecule has 0 aliphatic carbocycles. The second-order valence-corrected chi connectivity index (χ2v) is 4.85. The Morgan fingerprint density at radius 3 is 3.00 bits per heavy atom. The highest BCUT2D eigenvalue weighted by molar-refractivity contribution is 7.99. The maximum absolute atomic E-state index is 4.41. The van der Waals surface area contributed by atoms with Crippen molar-refractivity contribution in [3.05, 3.63) is 35.9 Å². The third kappa shape index (κ3) is 1.29. The first-order valence-electron chi connectivity index (χ1n) is 5.13. The molecule has 0 unspecified atom stereocenters. The summed E-state index contributed by atoms with van der Waals surface area (Å²) in [4.78, 5) is 5.78. The molecule has 2 heteroatoms. The Hall–Kier alpha value is -1.28. The van der Waals surface area contributed by atoms with Gasteiger partial charge in [-0.2, -0.15) is 0 Å². The van der Waals surface area contributed by atoms with Crippen molar-refractivity contribution in [1.29, 1.82) is 0 Å². The van der Waals surface area contributed by atoms with E-state index in [9.17, 15) is 0 Å². The highest BCUT2D eigenvalue weighted by Crippen LogP contribution is 2.38. The van der Waals surface area contributed by atoms with E-state index in [1.165, 1.54) is 21.2 Å². The standard InChI is InChI=1S/C13H11NS/c1-2-15-12-7-6-11-13-9(8-14-11)4-3-5-10(12)13/h3-8H,2H2,1H3. The van der Waals surface area contributed by atoms with Crippen molar-refractivity contribution < 1.29 is 0 Å². The van der Waals surface area contributed by atoms with Crippen LogP contribution in [-0.2, 0) is 0 Å². The summed E-state index contributed by atoms with van der Waals surface area (Å²) in [5.74, 6) is 1.11. The van der Waals surface area contributed by atoms with Crippen LogP contribution in [0.1, 0.15) is 12.5 Å². The molecule has 0 radical (unpaired) electrons. The predicted octanol–water partition coefficient (Wildman–Crippen LogP) is 4.02. The van der Waals surface area contributed by atoms with Crippen LogP contribution in [0.2, 0.25) is 0 Å². The molecule has 0 saturated heterocycles. The Bertz CT molecular complexity index is 545. The third-order valence-electron chi connectivity index (χ3n) is 2.65. The number of rotatable bonds is 2. The van der Waals surface area contributed by atoms with Crippen LogP contribution in [0.15, 0.2) is 40.2 Å². The lowest BCUT2D eigenvalue weighted by atomic mass is 10.1. The van der Waals surface area contributed by atoms with E-state index in [2.05, 4.69) is 42.2 Å². The van der Waals surface area contributed by atoms with Crippen molar-refractivity contribution >= 4 is 34.4 Å². The number of hydrogen-bond acceptors (Lipinski definition) is 2. The zero-order chi connectivity index (χ0) is 10.3. The van der Waals surface area contributed by atoms with Crippen molar-refractivity contribution in [2.24, 2.45) is 4.99 Å². The van der Waals surface area contributed by atoms with Crippen LogP contribution in [-0.4, -0.2) is 12.0 Å². The van der Waals surface area contributed by atoms with Gasteiger partial charge in [-0.05, 0) is 23.3 Å². The normalized spacial score (nSPS) is 12.6. The minimum absolute atomic E-state index is 1.11. The van der Waals surface area contributed by atoms with Gasteiger partial charge >= 0.3 is 0 Å². The zero-order valence-corrected chi connectivity index (χ0v) is 9.34. The maximum atomic E-state index is 4.41. The van der Waals surface area contributed by atoms with E-state index in [0.29, 0.717) is 0 Å². The Balaban J connectivity index is 2.36. The van der Waals surface area contributed by atoms with E-state index in [1.807, 2.05) is 18.0 Å². The monoisotopic (exact) mass is 213 g/mol. The van der Waals surface area contributed by atoms with Gasteiger partial charge in [-0.3, -0.25) is 4.99 Å². The lowest BCUT2D eigenvalue weighted by Crippen LogP contribution is -1.81. The minimum Gasteiger partial charge on any atom is -0.256 e. The van der Waals surface area contributed by atoms with Gasteiger partial charge in [-0.15, -0.1) is 11.8 Å². The zero-order valence-electron chi connectivity index (χ0n) is 8.53. The van der Waals surface area contributed by atoms with Gasteiger partial charge in [0, 0.05) is 22.1 Å². The molecule has 0 bridgehead atoms. The number of benzene rings is 2. The summed E-state index contributed by atoms with van der Waals surface area (Å²) in [5.41, 5.74) is 2.36. The molecule has 0 amide bonds. The van der Waals surface area contributed by atoms with Gasteiger partial charge in [-0.25, -0.2) is 0 Å². The molecule has 1 aliphatic heterocycles. The molecule has 0 fully saturated rings. The van der Waals surface area contributed by atoms with Crippen LogP contribution in [0.5, 0.6) is 0 Å². The topological polar surface area (TPSA) is 12.4 Å². The summed E-state index contributed by atoms with van der Waals surface area (Å²) < 4.78 is 0.